The molecule has 0 N–H and O–H groups in total. The summed E-state index contributed by atoms with van der Waals surface area (Å²) >= 11 is 2.09. The van der Waals surface area contributed by atoms with Crippen molar-refractivity contribution in [1.82, 2.24) is 0 Å². The van der Waals surface area contributed by atoms with Gasteiger partial charge in [-0.1, -0.05) is 145 Å². The molecular weight excluding hydrogens is 912 g/mol. The molecule has 8 aromatic rings. The van der Waals surface area contributed by atoms with Crippen molar-refractivity contribution < 1.29 is 0 Å². The predicted octanol–water partition coefficient (Wildman–Crippen LogP) is 17.8. The van der Waals surface area contributed by atoms with E-state index in [1.807, 2.05) is 0 Å². The van der Waals surface area contributed by atoms with Gasteiger partial charge in [0.15, 0.2) is 0 Å². The second-order valence-corrected chi connectivity index (χ2v) is 29.7. The normalized spacial score (nSPS) is 21.0. The molecule has 0 amide bonds. The van der Waals surface area contributed by atoms with E-state index in [1.54, 1.807) is 5.56 Å². The van der Waals surface area contributed by atoms with E-state index in [2.05, 4.69) is 234 Å². The van der Waals surface area contributed by atoms with Crippen LogP contribution in [0.15, 0.2) is 109 Å². The van der Waals surface area contributed by atoms with Gasteiger partial charge in [0, 0.05) is 43.0 Å². The minimum Gasteiger partial charge on any atom is -0.311 e. The number of aryl methyl sites for hydroxylation is 1. The van der Waals surface area contributed by atoms with Crippen LogP contribution in [0.3, 0.4) is 0 Å². The zero-order valence-electron chi connectivity index (χ0n) is 47.0. The second-order valence-electron chi connectivity index (χ2n) is 28.6. The molecular formula is C70H75BN2S. The summed E-state index contributed by atoms with van der Waals surface area (Å²) in [5.41, 5.74) is 27.1. The lowest BCUT2D eigenvalue weighted by Gasteiger charge is -2.48. The van der Waals surface area contributed by atoms with Crippen molar-refractivity contribution in [3.8, 4) is 11.1 Å². The van der Waals surface area contributed by atoms with Crippen LogP contribution in [0, 0.1) is 6.92 Å². The first-order valence-electron chi connectivity index (χ1n) is 28.2. The van der Waals surface area contributed by atoms with E-state index >= 15 is 0 Å². The molecule has 74 heavy (non-hydrogen) atoms. The molecule has 0 radical (unpaired) electrons. The van der Waals surface area contributed by atoms with Gasteiger partial charge < -0.3 is 9.80 Å². The quantitative estimate of drug-likeness (QED) is 0.159. The Hall–Kier alpha value is -5.58. The molecule has 0 fully saturated rings. The molecule has 0 atom stereocenters. The summed E-state index contributed by atoms with van der Waals surface area (Å²) in [5, 5.41) is 4.03. The number of fused-ring (bicyclic) bond motifs is 13. The molecule has 7 aromatic carbocycles. The molecule has 0 saturated heterocycles. The van der Waals surface area contributed by atoms with Gasteiger partial charge in [-0.25, -0.2) is 0 Å². The van der Waals surface area contributed by atoms with Crippen LogP contribution < -0.4 is 25.5 Å². The molecule has 2 aliphatic heterocycles. The van der Waals surface area contributed by atoms with E-state index < -0.39 is 0 Å². The summed E-state index contributed by atoms with van der Waals surface area (Å²) in [6.07, 6.45) is 7.14. The molecule has 0 unspecified atom stereocenters. The van der Waals surface area contributed by atoms with Crippen LogP contribution in [0.5, 0.6) is 0 Å². The summed E-state index contributed by atoms with van der Waals surface area (Å²) in [6.45, 7) is 37.4. The van der Waals surface area contributed by atoms with Crippen LogP contribution in [0.2, 0.25) is 0 Å². The highest BCUT2D eigenvalue weighted by Gasteiger charge is 2.50. The van der Waals surface area contributed by atoms with Gasteiger partial charge in [-0.3, -0.25) is 0 Å². The Morgan fingerprint density at radius 2 is 0.973 bits per heavy atom. The number of nitrogens with zero attached hydrogens (tertiary/aromatic N) is 2. The Morgan fingerprint density at radius 1 is 0.432 bits per heavy atom. The maximum absolute atomic E-state index is 2.78. The molecule has 0 bridgehead atoms. The minimum atomic E-state index is -0.239. The smallest absolute Gasteiger partial charge is 0.264 e. The van der Waals surface area contributed by atoms with Gasteiger partial charge in [0.25, 0.3) is 6.71 Å². The van der Waals surface area contributed by atoms with E-state index in [0.717, 1.165) is 0 Å². The number of anilines is 6. The maximum atomic E-state index is 2.78. The van der Waals surface area contributed by atoms with Crippen molar-refractivity contribution >= 4 is 88.7 Å². The second kappa shape index (κ2) is 14.7. The van der Waals surface area contributed by atoms with Crippen LogP contribution in [-0.2, 0) is 37.9 Å². The Morgan fingerprint density at radius 3 is 1.61 bits per heavy atom. The highest BCUT2D eigenvalue weighted by atomic mass is 32.1. The summed E-state index contributed by atoms with van der Waals surface area (Å²) in [7, 11) is 0. The lowest BCUT2D eigenvalue weighted by molar-refractivity contribution is 0.332. The number of thiophene rings is 1. The van der Waals surface area contributed by atoms with Crippen molar-refractivity contribution in [3.05, 3.63) is 159 Å². The van der Waals surface area contributed by atoms with E-state index in [4.69, 9.17) is 0 Å². The average Bonchev–Trinajstić information content (AvgIpc) is 3.84. The standard InChI is InChI=1S/C70H75BN2S/c1-40-31-57-61-58(32-40)73(55-22-18-21-44-45-33-41-19-16-17-20-42(41)34-48(45)70(14,15)60(44)55)56-38-52-51(67(8,9)28-29-68(52,10)11)37-54(56)71(61)63-62(46-36-50-53(39-59(46)74-63)69(12,13)30-27-66(50,6)7)72(57)43-23-24-47-49(35-43)65(4,5)26-25-64(47,2)3/h16-24,31-39H,25-30H2,1-15H3. The summed E-state index contributed by atoms with van der Waals surface area (Å²) in [6, 6.07) is 44.7. The number of hydrogen-bond acceptors (Lipinski definition) is 3. The third kappa shape index (κ3) is 6.24. The van der Waals surface area contributed by atoms with Gasteiger partial charge >= 0.3 is 0 Å². The fourth-order valence-corrected chi connectivity index (χ4v) is 17.0. The Labute approximate surface area is 446 Å². The van der Waals surface area contributed by atoms with Crippen molar-refractivity contribution in [3.63, 3.8) is 0 Å². The van der Waals surface area contributed by atoms with Gasteiger partial charge in [0.05, 0.1) is 11.4 Å². The zero-order chi connectivity index (χ0) is 51.8. The van der Waals surface area contributed by atoms with Crippen LogP contribution in [-0.4, -0.2) is 6.71 Å². The summed E-state index contributed by atoms with van der Waals surface area (Å²) in [4.78, 5) is 5.55. The van der Waals surface area contributed by atoms with Crippen LogP contribution in [0.25, 0.3) is 32.0 Å². The highest BCUT2D eigenvalue weighted by Crippen LogP contribution is 2.59. The third-order valence-corrected chi connectivity index (χ3v) is 21.8. The van der Waals surface area contributed by atoms with Crippen molar-refractivity contribution in [2.24, 2.45) is 0 Å². The third-order valence-electron chi connectivity index (χ3n) is 20.6. The van der Waals surface area contributed by atoms with Crippen molar-refractivity contribution in [2.45, 2.75) is 180 Å². The topological polar surface area (TPSA) is 6.48 Å². The molecule has 3 heterocycles. The zero-order valence-corrected chi connectivity index (χ0v) is 47.8. The SMILES string of the molecule is Cc1cc2c3c(c1)N(c1ccc4c(c1)C(C)(C)CCC4(C)C)c1c(sc4cc5c(cc14)C(C)(C)CCC5(C)C)B3c1cc3c(cc1N2c1cccc2c1C(C)(C)c1cc4ccccc4cc1-2)C(C)(C)CCC3(C)C. The first kappa shape index (κ1) is 46.9. The molecule has 6 aliphatic rings. The molecule has 14 rings (SSSR count). The first-order chi connectivity index (χ1) is 34.8. The van der Waals surface area contributed by atoms with E-state index in [0.29, 0.717) is 0 Å². The fraction of sp³-hybridized carbons (Fsp3) is 0.400. The minimum absolute atomic E-state index is 0.0391. The number of rotatable bonds is 2. The molecule has 374 valence electrons. The van der Waals surface area contributed by atoms with Crippen molar-refractivity contribution in [2.75, 3.05) is 9.80 Å². The largest absolute Gasteiger partial charge is 0.311 e. The van der Waals surface area contributed by atoms with E-state index in [1.165, 1.54) is 165 Å². The van der Waals surface area contributed by atoms with Gasteiger partial charge in [-0.05, 0) is 221 Å². The molecule has 1 aromatic heterocycles. The summed E-state index contributed by atoms with van der Waals surface area (Å²) in [5.74, 6) is 0. The number of hydrogen-bond donors (Lipinski definition) is 0. The maximum Gasteiger partial charge on any atom is 0.264 e. The van der Waals surface area contributed by atoms with Crippen LogP contribution >= 0.6 is 11.3 Å². The molecule has 0 saturated carbocycles. The highest BCUT2D eigenvalue weighted by molar-refractivity contribution is 7.33. The predicted molar refractivity (Wildman–Crippen MR) is 322 cm³/mol. The van der Waals surface area contributed by atoms with Crippen molar-refractivity contribution in [1.29, 1.82) is 0 Å². The van der Waals surface area contributed by atoms with Gasteiger partial charge in [0.2, 0.25) is 0 Å². The number of benzene rings is 7. The van der Waals surface area contributed by atoms with Gasteiger partial charge in [-0.2, -0.15) is 0 Å². The van der Waals surface area contributed by atoms with Gasteiger partial charge in [-0.15, -0.1) is 11.3 Å². The molecule has 2 nitrogen and oxygen atoms in total. The molecule has 4 aliphatic carbocycles. The van der Waals surface area contributed by atoms with Gasteiger partial charge in [0.1, 0.15) is 0 Å². The first-order valence-corrected chi connectivity index (χ1v) is 29.0. The Bertz CT molecular complexity index is 3810. The fourth-order valence-electron chi connectivity index (χ4n) is 15.7. The summed E-state index contributed by atoms with van der Waals surface area (Å²) < 4.78 is 2.91. The Kier molecular flexibility index (Phi) is 9.30. The van der Waals surface area contributed by atoms with E-state index in [9.17, 15) is 0 Å². The average molecular weight is 987 g/mol. The Balaban J connectivity index is 1.12. The molecule has 4 heteroatoms. The van der Waals surface area contributed by atoms with E-state index in [-0.39, 0.29) is 44.6 Å². The van der Waals surface area contributed by atoms with Crippen LogP contribution in [0.4, 0.5) is 34.1 Å². The molecule has 0 spiro atoms. The van der Waals surface area contributed by atoms with Crippen LogP contribution in [0.1, 0.15) is 186 Å². The monoisotopic (exact) mass is 987 g/mol. The lowest BCUT2D eigenvalue weighted by atomic mass is 9.35. The lowest BCUT2D eigenvalue weighted by Crippen LogP contribution is -2.61.